The summed E-state index contributed by atoms with van der Waals surface area (Å²) in [6.45, 7) is 3.93. The number of carbonyl (C=O) groups excluding carboxylic acids is 2. The van der Waals surface area contributed by atoms with Gasteiger partial charge >= 0.3 is 5.97 Å². The second-order valence-electron chi connectivity index (χ2n) is 4.09. The zero-order valence-corrected chi connectivity index (χ0v) is 10.3. The molecule has 1 aromatic carbocycles. The molecule has 1 fully saturated rings. The molecule has 2 unspecified atom stereocenters. The van der Waals surface area contributed by atoms with Crippen LogP contribution in [0.4, 0.5) is 5.69 Å². The zero-order valence-electron chi connectivity index (χ0n) is 10.3. The van der Waals surface area contributed by atoms with E-state index in [0.717, 1.165) is 5.56 Å². The molecule has 5 nitrogen and oxygen atoms in total. The maximum Gasteiger partial charge on any atom is 0.338 e. The summed E-state index contributed by atoms with van der Waals surface area (Å²) in [7, 11) is 0. The molecule has 0 bridgehead atoms. The van der Waals surface area contributed by atoms with Crippen LogP contribution in [-0.4, -0.2) is 30.7 Å². The van der Waals surface area contributed by atoms with Crippen LogP contribution in [0.2, 0.25) is 0 Å². The highest BCUT2D eigenvalue weighted by atomic mass is 16.6. The third-order valence-corrected chi connectivity index (χ3v) is 2.55. The summed E-state index contributed by atoms with van der Waals surface area (Å²) >= 11 is 0. The van der Waals surface area contributed by atoms with Crippen LogP contribution in [0, 0.1) is 6.92 Å². The Balaban J connectivity index is 1.89. The van der Waals surface area contributed by atoms with E-state index < -0.39 is 18.2 Å². The minimum atomic E-state index is -0.755. The van der Waals surface area contributed by atoms with Crippen molar-refractivity contribution in [2.45, 2.75) is 26.1 Å². The molecule has 5 heteroatoms. The Morgan fingerprint density at radius 2 is 2.17 bits per heavy atom. The number of anilines is 1. The molecule has 0 aliphatic carbocycles. The average molecular weight is 249 g/mol. The lowest BCUT2D eigenvalue weighted by atomic mass is 10.2. The highest BCUT2D eigenvalue weighted by Gasteiger charge is 2.51. The van der Waals surface area contributed by atoms with Crippen molar-refractivity contribution in [1.82, 2.24) is 0 Å². The molecule has 1 N–H and O–H groups in total. The van der Waals surface area contributed by atoms with E-state index in [1.165, 1.54) is 0 Å². The molecule has 0 spiro atoms. The topological polar surface area (TPSA) is 67.9 Å². The summed E-state index contributed by atoms with van der Waals surface area (Å²) in [4.78, 5) is 23.1. The van der Waals surface area contributed by atoms with E-state index in [2.05, 4.69) is 5.32 Å². The van der Waals surface area contributed by atoms with Crippen LogP contribution in [-0.2, 0) is 19.1 Å². The minimum absolute atomic E-state index is 0.283. The predicted molar refractivity (Wildman–Crippen MR) is 65.1 cm³/mol. The number of benzene rings is 1. The first-order chi connectivity index (χ1) is 8.61. The third kappa shape index (κ3) is 2.87. The maximum atomic E-state index is 11.8. The van der Waals surface area contributed by atoms with Gasteiger partial charge < -0.3 is 14.8 Å². The van der Waals surface area contributed by atoms with Crippen molar-refractivity contribution in [3.05, 3.63) is 29.8 Å². The van der Waals surface area contributed by atoms with E-state index in [1.54, 1.807) is 13.0 Å². The van der Waals surface area contributed by atoms with Gasteiger partial charge in [0.2, 0.25) is 0 Å². The number of rotatable bonds is 4. The molecule has 1 aliphatic heterocycles. The van der Waals surface area contributed by atoms with Gasteiger partial charge in [-0.05, 0) is 31.5 Å². The fourth-order valence-electron chi connectivity index (χ4n) is 1.65. The quantitative estimate of drug-likeness (QED) is 0.644. The largest absolute Gasteiger partial charge is 0.464 e. The summed E-state index contributed by atoms with van der Waals surface area (Å²) < 4.78 is 9.78. The summed E-state index contributed by atoms with van der Waals surface area (Å²) in [5.41, 5.74) is 1.74. The van der Waals surface area contributed by atoms with E-state index in [0.29, 0.717) is 5.69 Å². The van der Waals surface area contributed by atoms with Crippen molar-refractivity contribution < 1.29 is 19.1 Å². The SMILES string of the molecule is CCOC(=O)C1OC1C(=O)Nc1cccc(C)c1. The van der Waals surface area contributed by atoms with E-state index in [1.807, 2.05) is 25.1 Å². The molecule has 1 aromatic rings. The summed E-state index contributed by atoms with van der Waals surface area (Å²) in [5.74, 6) is -0.805. The van der Waals surface area contributed by atoms with Crippen molar-refractivity contribution in [3.63, 3.8) is 0 Å². The van der Waals surface area contributed by atoms with Gasteiger partial charge in [-0.15, -0.1) is 0 Å². The molecule has 1 aliphatic rings. The Morgan fingerprint density at radius 1 is 1.39 bits per heavy atom. The Morgan fingerprint density at radius 3 is 2.83 bits per heavy atom. The van der Waals surface area contributed by atoms with Crippen LogP contribution in [0.3, 0.4) is 0 Å². The van der Waals surface area contributed by atoms with Crippen molar-refractivity contribution >= 4 is 17.6 Å². The summed E-state index contributed by atoms with van der Waals surface area (Å²) in [5, 5.41) is 2.70. The highest BCUT2D eigenvalue weighted by Crippen LogP contribution is 2.25. The second kappa shape index (κ2) is 5.18. The van der Waals surface area contributed by atoms with Crippen LogP contribution >= 0.6 is 0 Å². The molecule has 1 amide bonds. The van der Waals surface area contributed by atoms with Gasteiger partial charge in [0.15, 0.2) is 12.2 Å². The molecular formula is C13H15NO4. The maximum absolute atomic E-state index is 11.8. The minimum Gasteiger partial charge on any atom is -0.464 e. The number of esters is 1. The van der Waals surface area contributed by atoms with Crippen molar-refractivity contribution in [2.75, 3.05) is 11.9 Å². The fraction of sp³-hybridized carbons (Fsp3) is 0.385. The van der Waals surface area contributed by atoms with Gasteiger partial charge in [0.25, 0.3) is 5.91 Å². The van der Waals surface area contributed by atoms with Crippen molar-refractivity contribution in [1.29, 1.82) is 0 Å². The zero-order chi connectivity index (χ0) is 13.1. The van der Waals surface area contributed by atoms with E-state index >= 15 is 0 Å². The molecule has 0 saturated carbocycles. The molecule has 96 valence electrons. The Labute approximate surface area is 105 Å². The fourth-order valence-corrected chi connectivity index (χ4v) is 1.65. The number of hydrogen-bond acceptors (Lipinski definition) is 4. The lowest BCUT2D eigenvalue weighted by Gasteiger charge is -2.03. The average Bonchev–Trinajstić information content (AvgIpc) is 3.09. The lowest BCUT2D eigenvalue weighted by Crippen LogP contribution is -2.23. The van der Waals surface area contributed by atoms with Gasteiger partial charge in [-0.1, -0.05) is 12.1 Å². The lowest BCUT2D eigenvalue weighted by molar-refractivity contribution is -0.144. The highest BCUT2D eigenvalue weighted by molar-refractivity contribution is 6.00. The summed E-state index contributed by atoms with van der Waals surface area (Å²) in [6.07, 6.45) is -1.49. The van der Waals surface area contributed by atoms with Crippen LogP contribution in [0.1, 0.15) is 12.5 Å². The van der Waals surface area contributed by atoms with Gasteiger partial charge in [0.05, 0.1) is 6.61 Å². The molecule has 0 aromatic heterocycles. The van der Waals surface area contributed by atoms with E-state index in [9.17, 15) is 9.59 Å². The van der Waals surface area contributed by atoms with Gasteiger partial charge in [0, 0.05) is 5.69 Å². The second-order valence-corrected chi connectivity index (χ2v) is 4.09. The normalized spacial score (nSPS) is 21.2. The first-order valence-corrected chi connectivity index (χ1v) is 5.81. The van der Waals surface area contributed by atoms with E-state index in [-0.39, 0.29) is 12.5 Å². The van der Waals surface area contributed by atoms with Crippen molar-refractivity contribution in [3.8, 4) is 0 Å². The standard InChI is InChI=1S/C13H15NO4/c1-3-17-13(16)11-10(18-11)12(15)14-9-6-4-5-8(2)7-9/h4-7,10-11H,3H2,1-2H3,(H,14,15). The van der Waals surface area contributed by atoms with Gasteiger partial charge in [0.1, 0.15) is 0 Å². The number of amides is 1. The van der Waals surface area contributed by atoms with Gasteiger partial charge in [-0.3, -0.25) is 4.79 Å². The van der Waals surface area contributed by atoms with Crippen LogP contribution in [0.5, 0.6) is 0 Å². The molecule has 2 rings (SSSR count). The Kier molecular flexibility index (Phi) is 3.62. The smallest absolute Gasteiger partial charge is 0.338 e. The van der Waals surface area contributed by atoms with E-state index in [4.69, 9.17) is 9.47 Å². The van der Waals surface area contributed by atoms with Gasteiger partial charge in [-0.2, -0.15) is 0 Å². The Hall–Kier alpha value is -1.88. The number of carbonyl (C=O) groups is 2. The molecule has 0 radical (unpaired) electrons. The van der Waals surface area contributed by atoms with Crippen molar-refractivity contribution in [2.24, 2.45) is 0 Å². The van der Waals surface area contributed by atoms with Crippen LogP contribution in [0.25, 0.3) is 0 Å². The number of ether oxygens (including phenoxy) is 2. The monoisotopic (exact) mass is 249 g/mol. The van der Waals surface area contributed by atoms with Crippen LogP contribution < -0.4 is 5.32 Å². The first kappa shape index (κ1) is 12.6. The van der Waals surface area contributed by atoms with Crippen LogP contribution in [0.15, 0.2) is 24.3 Å². The molecule has 1 saturated heterocycles. The number of epoxide rings is 1. The number of nitrogens with one attached hydrogen (secondary N) is 1. The first-order valence-electron chi connectivity index (χ1n) is 5.81. The number of hydrogen-bond donors (Lipinski definition) is 1. The molecular weight excluding hydrogens is 234 g/mol. The van der Waals surface area contributed by atoms with Gasteiger partial charge in [-0.25, -0.2) is 4.79 Å². The third-order valence-electron chi connectivity index (χ3n) is 2.55. The molecule has 2 atom stereocenters. The number of aryl methyl sites for hydroxylation is 1. The Bertz CT molecular complexity index is 472. The summed E-state index contributed by atoms with van der Waals surface area (Å²) in [6, 6.07) is 7.42. The molecule has 18 heavy (non-hydrogen) atoms. The predicted octanol–water partition coefficient (Wildman–Crippen LogP) is 1.26. The molecule has 1 heterocycles.